The highest BCUT2D eigenvalue weighted by Crippen LogP contribution is 2.40. The number of esters is 2. The van der Waals surface area contributed by atoms with E-state index in [1.54, 1.807) is 45.9 Å². The van der Waals surface area contributed by atoms with Crippen molar-refractivity contribution in [2.24, 2.45) is 10.9 Å². The molecule has 1 aliphatic heterocycles. The molecule has 0 fully saturated rings. The fourth-order valence-corrected chi connectivity index (χ4v) is 3.13. The van der Waals surface area contributed by atoms with Crippen LogP contribution < -0.4 is 0 Å². The Bertz CT molecular complexity index is 735. The molecule has 0 aromatic heterocycles. The van der Waals surface area contributed by atoms with Crippen molar-refractivity contribution in [3.8, 4) is 5.75 Å². The number of phenolic OH excluding ortho intramolecular Hbond substituents is 1. The van der Waals surface area contributed by atoms with E-state index in [-0.39, 0.29) is 19.0 Å². The van der Waals surface area contributed by atoms with Crippen molar-refractivity contribution >= 4 is 17.7 Å². The maximum Gasteiger partial charge on any atom is 0.336 e. The largest absolute Gasteiger partial charge is 0.508 e. The predicted octanol–water partition coefficient (Wildman–Crippen LogP) is 2.97. The van der Waals surface area contributed by atoms with Crippen molar-refractivity contribution in [3.05, 3.63) is 41.1 Å². The standard InChI is InChI=1S/C19H23NO5/c1-5-24-18(22)15-11(3)20-12(4)16(19(23)25-6-2)17(15)13-8-7-9-14(21)10-13/h7-10,15,17,21H,5-6H2,1-4H3/t15-,17+/m1/s1. The molecule has 25 heavy (non-hydrogen) atoms. The normalized spacial score (nSPS) is 20.1. The van der Waals surface area contributed by atoms with Gasteiger partial charge in [-0.05, 0) is 45.4 Å². The van der Waals surface area contributed by atoms with Gasteiger partial charge in [0.25, 0.3) is 0 Å². The second kappa shape index (κ2) is 7.96. The molecule has 1 aliphatic rings. The smallest absolute Gasteiger partial charge is 0.336 e. The van der Waals surface area contributed by atoms with Gasteiger partial charge in [0.1, 0.15) is 11.7 Å². The van der Waals surface area contributed by atoms with Crippen LogP contribution in [0.15, 0.2) is 40.5 Å². The number of aromatic hydroxyl groups is 1. The second-order valence-corrected chi connectivity index (χ2v) is 5.78. The topological polar surface area (TPSA) is 85.2 Å². The maximum absolute atomic E-state index is 12.6. The van der Waals surface area contributed by atoms with Gasteiger partial charge in [0.2, 0.25) is 0 Å². The van der Waals surface area contributed by atoms with Crippen LogP contribution in [0.4, 0.5) is 0 Å². The van der Waals surface area contributed by atoms with Crippen molar-refractivity contribution in [1.29, 1.82) is 0 Å². The molecule has 6 heteroatoms. The van der Waals surface area contributed by atoms with Gasteiger partial charge in [-0.15, -0.1) is 0 Å². The lowest BCUT2D eigenvalue weighted by Crippen LogP contribution is -2.36. The number of hydrogen-bond donors (Lipinski definition) is 1. The summed E-state index contributed by atoms with van der Waals surface area (Å²) in [6.07, 6.45) is 0. The van der Waals surface area contributed by atoms with E-state index in [0.717, 1.165) is 0 Å². The summed E-state index contributed by atoms with van der Waals surface area (Å²) in [5, 5.41) is 9.85. The maximum atomic E-state index is 12.6. The molecule has 6 nitrogen and oxygen atoms in total. The van der Waals surface area contributed by atoms with Crippen molar-refractivity contribution in [1.82, 2.24) is 0 Å². The molecule has 0 aliphatic carbocycles. The van der Waals surface area contributed by atoms with Crippen LogP contribution in [-0.4, -0.2) is 36.0 Å². The van der Waals surface area contributed by atoms with E-state index in [0.29, 0.717) is 22.5 Å². The Morgan fingerprint density at radius 1 is 1.16 bits per heavy atom. The van der Waals surface area contributed by atoms with E-state index in [2.05, 4.69) is 4.99 Å². The molecule has 2 atom stereocenters. The number of nitrogens with zero attached hydrogens (tertiary/aromatic N) is 1. The Labute approximate surface area is 147 Å². The monoisotopic (exact) mass is 345 g/mol. The summed E-state index contributed by atoms with van der Waals surface area (Å²) < 4.78 is 10.4. The number of hydrogen-bond acceptors (Lipinski definition) is 6. The lowest BCUT2D eigenvalue weighted by molar-refractivity contribution is -0.146. The number of allylic oxidation sites excluding steroid dienone is 1. The fraction of sp³-hybridized carbons (Fsp3) is 0.421. The molecule has 0 bridgehead atoms. The van der Waals surface area contributed by atoms with Crippen LogP contribution in [0.2, 0.25) is 0 Å². The van der Waals surface area contributed by atoms with E-state index in [1.807, 2.05) is 0 Å². The van der Waals surface area contributed by atoms with Crippen molar-refractivity contribution in [2.75, 3.05) is 13.2 Å². The zero-order valence-corrected chi connectivity index (χ0v) is 14.9. The minimum absolute atomic E-state index is 0.0566. The van der Waals surface area contributed by atoms with Crippen LogP contribution in [-0.2, 0) is 19.1 Å². The first kappa shape index (κ1) is 18.7. The first-order valence-electron chi connectivity index (χ1n) is 8.29. The first-order valence-corrected chi connectivity index (χ1v) is 8.29. The summed E-state index contributed by atoms with van der Waals surface area (Å²) in [5.41, 5.74) is 2.02. The summed E-state index contributed by atoms with van der Waals surface area (Å²) in [6, 6.07) is 6.52. The van der Waals surface area contributed by atoms with Gasteiger partial charge in [-0.1, -0.05) is 12.1 Å². The number of phenols is 1. The molecule has 1 aromatic carbocycles. The third-order valence-corrected chi connectivity index (χ3v) is 4.09. The van der Waals surface area contributed by atoms with E-state index >= 15 is 0 Å². The molecular formula is C19H23NO5. The van der Waals surface area contributed by atoms with Gasteiger partial charge in [0, 0.05) is 17.3 Å². The molecule has 1 aromatic rings. The van der Waals surface area contributed by atoms with E-state index in [9.17, 15) is 14.7 Å². The number of carbonyl (C=O) groups excluding carboxylic acids is 2. The van der Waals surface area contributed by atoms with E-state index in [4.69, 9.17) is 9.47 Å². The summed E-state index contributed by atoms with van der Waals surface area (Å²) >= 11 is 0. The van der Waals surface area contributed by atoms with Crippen LogP contribution in [0.3, 0.4) is 0 Å². The Morgan fingerprint density at radius 2 is 1.84 bits per heavy atom. The highest BCUT2D eigenvalue weighted by molar-refractivity contribution is 6.07. The number of rotatable bonds is 5. The van der Waals surface area contributed by atoms with Gasteiger partial charge in [0.15, 0.2) is 0 Å². The quantitative estimate of drug-likeness (QED) is 0.829. The summed E-state index contributed by atoms with van der Waals surface area (Å²) in [4.78, 5) is 29.5. The Hall–Kier alpha value is -2.63. The lowest BCUT2D eigenvalue weighted by Gasteiger charge is -2.31. The average Bonchev–Trinajstić information content (AvgIpc) is 2.54. The van der Waals surface area contributed by atoms with Gasteiger partial charge in [0.05, 0.1) is 18.8 Å². The van der Waals surface area contributed by atoms with Crippen molar-refractivity contribution < 1.29 is 24.2 Å². The zero-order chi connectivity index (χ0) is 18.6. The molecule has 0 spiro atoms. The van der Waals surface area contributed by atoms with Crippen LogP contribution in [0.1, 0.15) is 39.2 Å². The highest BCUT2D eigenvalue weighted by Gasteiger charge is 2.42. The zero-order valence-electron chi connectivity index (χ0n) is 14.9. The average molecular weight is 345 g/mol. The minimum Gasteiger partial charge on any atom is -0.508 e. The first-order chi connectivity index (χ1) is 11.9. The minimum atomic E-state index is -0.746. The van der Waals surface area contributed by atoms with Gasteiger partial charge in [-0.25, -0.2) is 4.79 Å². The third-order valence-electron chi connectivity index (χ3n) is 4.09. The molecule has 134 valence electrons. The van der Waals surface area contributed by atoms with Gasteiger partial charge in [-0.3, -0.25) is 9.79 Å². The van der Waals surface area contributed by atoms with Gasteiger partial charge >= 0.3 is 11.9 Å². The number of carbonyl (C=O) groups is 2. The summed E-state index contributed by atoms with van der Waals surface area (Å²) in [6.45, 7) is 7.35. The Morgan fingerprint density at radius 3 is 2.44 bits per heavy atom. The van der Waals surface area contributed by atoms with Crippen LogP contribution >= 0.6 is 0 Å². The van der Waals surface area contributed by atoms with Crippen LogP contribution in [0.25, 0.3) is 0 Å². The molecule has 2 rings (SSSR count). The molecule has 0 saturated carbocycles. The molecule has 1 N–H and O–H groups in total. The third kappa shape index (κ3) is 3.90. The number of ether oxygens (including phenoxy) is 2. The SMILES string of the molecule is CCOC(=O)C1=C(C)N=C(C)[C@@H](C(=O)OCC)[C@@H]1c1cccc(O)c1. The van der Waals surface area contributed by atoms with Crippen LogP contribution in [0, 0.1) is 5.92 Å². The van der Waals surface area contributed by atoms with E-state index < -0.39 is 23.8 Å². The highest BCUT2D eigenvalue weighted by atomic mass is 16.5. The lowest BCUT2D eigenvalue weighted by atomic mass is 9.75. The molecule has 0 unspecified atom stereocenters. The molecular weight excluding hydrogens is 322 g/mol. The van der Waals surface area contributed by atoms with Crippen LogP contribution in [0.5, 0.6) is 5.75 Å². The van der Waals surface area contributed by atoms with E-state index in [1.165, 1.54) is 6.07 Å². The number of benzene rings is 1. The Balaban J connectivity index is 2.62. The Kier molecular flexibility index (Phi) is 5.96. The predicted molar refractivity (Wildman–Crippen MR) is 93.4 cm³/mol. The van der Waals surface area contributed by atoms with Crippen molar-refractivity contribution in [3.63, 3.8) is 0 Å². The van der Waals surface area contributed by atoms with Gasteiger partial charge < -0.3 is 14.6 Å². The molecule has 0 saturated heterocycles. The molecule has 0 radical (unpaired) electrons. The number of aliphatic imine (C=N–C) groups is 1. The van der Waals surface area contributed by atoms with Crippen molar-refractivity contribution in [2.45, 2.75) is 33.6 Å². The van der Waals surface area contributed by atoms with Gasteiger partial charge in [-0.2, -0.15) is 0 Å². The second-order valence-electron chi connectivity index (χ2n) is 5.78. The fourth-order valence-electron chi connectivity index (χ4n) is 3.13. The summed E-state index contributed by atoms with van der Waals surface area (Å²) in [5.74, 6) is -2.28. The molecule has 0 amide bonds. The molecule has 1 heterocycles. The summed E-state index contributed by atoms with van der Waals surface area (Å²) in [7, 11) is 0.